The second-order valence-electron chi connectivity index (χ2n) is 8.26. The van der Waals surface area contributed by atoms with E-state index in [0.29, 0.717) is 18.8 Å². The van der Waals surface area contributed by atoms with Crippen LogP contribution in [0, 0.1) is 0 Å². The Kier molecular flexibility index (Phi) is 7.77. The maximum atomic E-state index is 12.4. The zero-order valence-corrected chi connectivity index (χ0v) is 19.9. The third-order valence-corrected chi connectivity index (χ3v) is 5.62. The number of morpholine rings is 1. The summed E-state index contributed by atoms with van der Waals surface area (Å²) < 4.78 is 10.6. The topological polar surface area (TPSA) is 106 Å². The molecule has 9 nitrogen and oxygen atoms in total. The predicted molar refractivity (Wildman–Crippen MR) is 134 cm³/mol. The first kappa shape index (κ1) is 24.0. The fourth-order valence-electron chi connectivity index (χ4n) is 3.93. The first-order chi connectivity index (χ1) is 17.0. The van der Waals surface area contributed by atoms with Crippen LogP contribution in [0.4, 0.5) is 11.5 Å². The Labute approximate surface area is 204 Å². The molecule has 0 unspecified atom stereocenters. The highest BCUT2D eigenvalue weighted by molar-refractivity contribution is 5.94. The fraction of sp³-hybridized carbons (Fsp3) is 0.308. The molecule has 35 heavy (non-hydrogen) atoms. The minimum absolute atomic E-state index is 0.0283. The van der Waals surface area contributed by atoms with Gasteiger partial charge in [0, 0.05) is 30.6 Å². The number of carbonyl (C=O) groups excluding carboxylic acids is 2. The van der Waals surface area contributed by atoms with E-state index in [0.717, 1.165) is 35.4 Å². The number of benzene rings is 2. The molecule has 1 aliphatic rings. The summed E-state index contributed by atoms with van der Waals surface area (Å²) in [6.45, 7) is 3.26. The van der Waals surface area contributed by atoms with Crippen LogP contribution in [-0.4, -0.2) is 66.1 Å². The number of ether oxygens (including phenoxy) is 2. The number of rotatable bonds is 9. The van der Waals surface area contributed by atoms with Gasteiger partial charge in [0.1, 0.15) is 30.5 Å². The molecule has 0 bridgehead atoms. The molecule has 2 aromatic carbocycles. The van der Waals surface area contributed by atoms with Crippen molar-refractivity contribution in [1.82, 2.24) is 14.9 Å². The number of esters is 1. The molecule has 1 fully saturated rings. The highest BCUT2D eigenvalue weighted by atomic mass is 16.5. The summed E-state index contributed by atoms with van der Waals surface area (Å²) in [5.74, 6) is 0.770. The van der Waals surface area contributed by atoms with Crippen molar-refractivity contribution in [3.63, 3.8) is 0 Å². The first-order valence-corrected chi connectivity index (χ1v) is 11.5. The maximum absolute atomic E-state index is 12.4. The monoisotopic (exact) mass is 475 g/mol. The number of hydrogen-bond donors (Lipinski definition) is 2. The Balaban J connectivity index is 1.42. The van der Waals surface area contributed by atoms with Crippen molar-refractivity contribution < 1.29 is 19.1 Å². The molecule has 0 spiro atoms. The summed E-state index contributed by atoms with van der Waals surface area (Å²) in [6, 6.07) is 14.1. The minimum Gasteiger partial charge on any atom is -0.495 e. The zero-order chi connectivity index (χ0) is 24.6. The molecule has 2 N–H and O–H groups in total. The van der Waals surface area contributed by atoms with Gasteiger partial charge in [-0.05, 0) is 25.0 Å². The van der Waals surface area contributed by atoms with E-state index in [1.54, 1.807) is 20.1 Å². The number of methoxy groups -OCH3 is 1. The van der Waals surface area contributed by atoms with E-state index in [2.05, 4.69) is 32.7 Å². The maximum Gasteiger partial charge on any atom is 0.325 e. The minimum atomic E-state index is -0.389. The van der Waals surface area contributed by atoms with E-state index in [1.807, 2.05) is 30.3 Å². The van der Waals surface area contributed by atoms with Gasteiger partial charge in [-0.15, -0.1) is 0 Å². The molecule has 2 heterocycles. The molecule has 3 aromatic rings. The quantitative estimate of drug-likeness (QED) is 0.359. The summed E-state index contributed by atoms with van der Waals surface area (Å²) >= 11 is 0. The lowest BCUT2D eigenvalue weighted by Gasteiger charge is -2.29. The van der Waals surface area contributed by atoms with Gasteiger partial charge in [-0.2, -0.15) is 0 Å². The van der Waals surface area contributed by atoms with Crippen molar-refractivity contribution in [2.75, 3.05) is 43.9 Å². The van der Waals surface area contributed by atoms with Crippen molar-refractivity contribution in [3.05, 3.63) is 66.5 Å². The molecular formula is C26H29N5O4. The number of aromatic nitrogens is 2. The highest BCUT2D eigenvalue weighted by Crippen LogP contribution is 2.32. The number of cyclic esters (lactones) is 1. The fourth-order valence-corrected chi connectivity index (χ4v) is 3.93. The van der Waals surface area contributed by atoms with Crippen molar-refractivity contribution >= 4 is 34.3 Å². The van der Waals surface area contributed by atoms with Crippen molar-refractivity contribution in [2.45, 2.75) is 19.4 Å². The first-order valence-electron chi connectivity index (χ1n) is 11.5. The molecule has 0 radical (unpaired) electrons. The van der Waals surface area contributed by atoms with Crippen LogP contribution in [-0.2, 0) is 20.7 Å². The van der Waals surface area contributed by atoms with Crippen molar-refractivity contribution in [2.24, 2.45) is 0 Å². The SMILES string of the molecule is COc1cc2ncnc(NCCc3ccccc3)c2cc1NCC=CC(=O)N1CC(=O)O[C@H](C)C1. The third-order valence-electron chi connectivity index (χ3n) is 5.62. The lowest BCUT2D eigenvalue weighted by molar-refractivity contribution is -0.161. The smallest absolute Gasteiger partial charge is 0.325 e. The van der Waals surface area contributed by atoms with Gasteiger partial charge in [-0.25, -0.2) is 9.97 Å². The van der Waals surface area contributed by atoms with Crippen LogP contribution in [0.5, 0.6) is 5.75 Å². The molecule has 4 rings (SSSR count). The van der Waals surface area contributed by atoms with Gasteiger partial charge < -0.3 is 25.0 Å². The van der Waals surface area contributed by atoms with Crippen LogP contribution in [0.3, 0.4) is 0 Å². The van der Waals surface area contributed by atoms with Crippen LogP contribution < -0.4 is 15.4 Å². The number of carbonyl (C=O) groups is 2. The molecule has 1 atom stereocenters. The van der Waals surface area contributed by atoms with Crippen molar-refractivity contribution in [3.8, 4) is 5.75 Å². The van der Waals surface area contributed by atoms with Gasteiger partial charge in [0.15, 0.2) is 0 Å². The largest absolute Gasteiger partial charge is 0.495 e. The van der Waals surface area contributed by atoms with Gasteiger partial charge >= 0.3 is 5.97 Å². The lowest BCUT2D eigenvalue weighted by Crippen LogP contribution is -2.46. The Morgan fingerprint density at radius 2 is 2.06 bits per heavy atom. The predicted octanol–water partition coefficient (Wildman–Crippen LogP) is 3.04. The van der Waals surface area contributed by atoms with Gasteiger partial charge in [0.2, 0.25) is 5.91 Å². The van der Waals surface area contributed by atoms with Crippen LogP contribution >= 0.6 is 0 Å². The second kappa shape index (κ2) is 11.3. The summed E-state index contributed by atoms with van der Waals surface area (Å²) in [4.78, 5) is 34.3. The molecule has 0 saturated carbocycles. The summed E-state index contributed by atoms with van der Waals surface area (Å²) in [5, 5.41) is 7.55. The van der Waals surface area contributed by atoms with E-state index in [9.17, 15) is 9.59 Å². The average molecular weight is 476 g/mol. The van der Waals surface area contributed by atoms with E-state index < -0.39 is 0 Å². The van der Waals surface area contributed by atoms with Crippen LogP contribution in [0.2, 0.25) is 0 Å². The Bertz CT molecular complexity index is 1220. The molecule has 1 amide bonds. The molecule has 1 saturated heterocycles. The van der Waals surface area contributed by atoms with Crippen LogP contribution in [0.1, 0.15) is 12.5 Å². The second-order valence-corrected chi connectivity index (χ2v) is 8.26. The number of nitrogens with one attached hydrogen (secondary N) is 2. The summed E-state index contributed by atoms with van der Waals surface area (Å²) in [5.41, 5.74) is 2.77. The van der Waals surface area contributed by atoms with Crippen LogP contribution in [0.25, 0.3) is 10.9 Å². The summed E-state index contributed by atoms with van der Waals surface area (Å²) in [7, 11) is 1.60. The van der Waals surface area contributed by atoms with Gasteiger partial charge in [-0.1, -0.05) is 36.4 Å². The number of anilines is 2. The van der Waals surface area contributed by atoms with E-state index in [4.69, 9.17) is 9.47 Å². The van der Waals surface area contributed by atoms with E-state index in [1.165, 1.54) is 22.9 Å². The standard InChI is InChI=1S/C26H29N5O4/c1-18-15-31(16-25(33)35-18)24(32)9-6-11-27-22-13-20-21(14-23(22)34-2)29-17-30-26(20)28-12-10-19-7-4-3-5-8-19/h3-9,13-14,17-18,27H,10-12,15-16H2,1-2H3,(H,28,29,30)/t18-/m1/s1. The number of amides is 1. The lowest BCUT2D eigenvalue weighted by atomic mass is 10.1. The van der Waals surface area contributed by atoms with E-state index >= 15 is 0 Å². The molecule has 0 aliphatic carbocycles. The van der Waals surface area contributed by atoms with Crippen molar-refractivity contribution in [1.29, 1.82) is 0 Å². The third kappa shape index (κ3) is 6.26. The Hall–Kier alpha value is -4.14. The molecule has 1 aliphatic heterocycles. The molecule has 1 aromatic heterocycles. The average Bonchev–Trinajstić information content (AvgIpc) is 2.86. The van der Waals surface area contributed by atoms with Gasteiger partial charge in [0.25, 0.3) is 0 Å². The van der Waals surface area contributed by atoms with Gasteiger partial charge in [0.05, 0.1) is 24.9 Å². The molecule has 9 heteroatoms. The highest BCUT2D eigenvalue weighted by Gasteiger charge is 2.25. The Morgan fingerprint density at radius 3 is 2.83 bits per heavy atom. The van der Waals surface area contributed by atoms with Gasteiger partial charge in [-0.3, -0.25) is 9.59 Å². The number of nitrogens with zero attached hydrogens (tertiary/aromatic N) is 3. The zero-order valence-electron chi connectivity index (χ0n) is 19.9. The van der Waals surface area contributed by atoms with Crippen LogP contribution in [0.15, 0.2) is 60.9 Å². The van der Waals surface area contributed by atoms with E-state index in [-0.39, 0.29) is 24.5 Å². The molecular weight excluding hydrogens is 446 g/mol. The summed E-state index contributed by atoms with van der Waals surface area (Å²) in [6.07, 6.45) is 5.29. The normalized spacial score (nSPS) is 15.8. The molecule has 182 valence electrons. The Morgan fingerprint density at radius 1 is 1.23 bits per heavy atom. The number of fused-ring (bicyclic) bond motifs is 1. The number of hydrogen-bond acceptors (Lipinski definition) is 8.